The van der Waals surface area contributed by atoms with Gasteiger partial charge in [0.2, 0.25) is 0 Å². The Kier molecular flexibility index (Phi) is 4.23. The standard InChI is InChI=1S/C12H11ClIN3O/c1-17-5-4-9(16-17)7-15-12(18)8-2-3-11(14)10(13)6-8/h2-6H,7H2,1H3,(H,15,18). The molecule has 2 aromatic rings. The molecule has 0 bridgehead atoms. The molecule has 1 heterocycles. The molecule has 0 unspecified atom stereocenters. The Morgan fingerprint density at radius 1 is 1.50 bits per heavy atom. The highest BCUT2D eigenvalue weighted by Gasteiger charge is 2.08. The number of hydrogen-bond acceptors (Lipinski definition) is 2. The second-order valence-corrected chi connectivity index (χ2v) is 5.36. The lowest BCUT2D eigenvalue weighted by atomic mass is 10.2. The van der Waals surface area contributed by atoms with Gasteiger partial charge in [-0.2, -0.15) is 5.10 Å². The summed E-state index contributed by atoms with van der Waals surface area (Å²) in [5.41, 5.74) is 1.37. The first-order valence-corrected chi connectivity index (χ1v) is 6.73. The molecule has 94 valence electrons. The first kappa shape index (κ1) is 13.4. The highest BCUT2D eigenvalue weighted by atomic mass is 127. The normalized spacial score (nSPS) is 10.4. The first-order valence-electron chi connectivity index (χ1n) is 5.28. The average Bonchev–Trinajstić information content (AvgIpc) is 2.75. The maximum Gasteiger partial charge on any atom is 0.251 e. The van der Waals surface area contributed by atoms with Gasteiger partial charge in [-0.25, -0.2) is 0 Å². The number of halogens is 2. The van der Waals surface area contributed by atoms with Crippen LogP contribution in [0.4, 0.5) is 0 Å². The number of carbonyl (C=O) groups excluding carboxylic acids is 1. The van der Waals surface area contributed by atoms with E-state index < -0.39 is 0 Å². The van der Waals surface area contributed by atoms with Gasteiger partial charge < -0.3 is 5.32 Å². The van der Waals surface area contributed by atoms with Crippen molar-refractivity contribution in [1.29, 1.82) is 0 Å². The van der Waals surface area contributed by atoms with E-state index in [1.165, 1.54) is 0 Å². The lowest BCUT2D eigenvalue weighted by molar-refractivity contribution is 0.0950. The van der Waals surface area contributed by atoms with Crippen molar-refractivity contribution < 1.29 is 4.79 Å². The molecular weight excluding hydrogens is 365 g/mol. The summed E-state index contributed by atoms with van der Waals surface area (Å²) in [6.07, 6.45) is 1.84. The first-order chi connectivity index (χ1) is 8.56. The fourth-order valence-corrected chi connectivity index (χ4v) is 1.98. The minimum atomic E-state index is -0.154. The topological polar surface area (TPSA) is 46.9 Å². The maximum atomic E-state index is 11.9. The van der Waals surface area contributed by atoms with Gasteiger partial charge in [0.05, 0.1) is 17.3 Å². The minimum Gasteiger partial charge on any atom is -0.346 e. The van der Waals surface area contributed by atoms with Crippen LogP contribution < -0.4 is 5.32 Å². The van der Waals surface area contributed by atoms with Crippen molar-refractivity contribution in [3.63, 3.8) is 0 Å². The van der Waals surface area contributed by atoms with Gasteiger partial charge in [-0.05, 0) is 46.9 Å². The van der Waals surface area contributed by atoms with Gasteiger partial charge >= 0.3 is 0 Å². The third-order valence-electron chi connectivity index (χ3n) is 2.38. The molecular formula is C12H11ClIN3O. The van der Waals surface area contributed by atoms with Gasteiger partial charge in [0.1, 0.15) is 0 Å². The van der Waals surface area contributed by atoms with Gasteiger partial charge in [-0.3, -0.25) is 9.48 Å². The summed E-state index contributed by atoms with van der Waals surface area (Å²) in [6, 6.07) is 7.10. The van der Waals surface area contributed by atoms with E-state index in [1.807, 2.05) is 25.4 Å². The molecule has 1 amide bonds. The predicted octanol–water partition coefficient (Wildman–Crippen LogP) is 2.61. The van der Waals surface area contributed by atoms with Crippen molar-refractivity contribution >= 4 is 40.1 Å². The number of carbonyl (C=O) groups is 1. The van der Waals surface area contributed by atoms with Gasteiger partial charge in [-0.15, -0.1) is 0 Å². The Labute approximate surface area is 123 Å². The van der Waals surface area contributed by atoms with E-state index in [9.17, 15) is 4.79 Å². The summed E-state index contributed by atoms with van der Waals surface area (Å²) in [4.78, 5) is 11.9. The van der Waals surface area contributed by atoms with Gasteiger partial charge in [0, 0.05) is 22.4 Å². The largest absolute Gasteiger partial charge is 0.346 e. The van der Waals surface area contributed by atoms with Crippen LogP contribution in [0.25, 0.3) is 0 Å². The average molecular weight is 376 g/mol. The molecule has 6 heteroatoms. The van der Waals surface area contributed by atoms with E-state index in [-0.39, 0.29) is 5.91 Å². The molecule has 0 aliphatic carbocycles. The van der Waals surface area contributed by atoms with Crippen LogP contribution in [-0.4, -0.2) is 15.7 Å². The zero-order chi connectivity index (χ0) is 13.1. The fraction of sp³-hybridized carbons (Fsp3) is 0.167. The number of nitrogens with one attached hydrogen (secondary N) is 1. The number of aromatic nitrogens is 2. The third-order valence-corrected chi connectivity index (χ3v) is 3.95. The Morgan fingerprint density at radius 3 is 2.89 bits per heavy atom. The molecule has 4 nitrogen and oxygen atoms in total. The van der Waals surface area contributed by atoms with Crippen LogP contribution in [0.15, 0.2) is 30.5 Å². The van der Waals surface area contributed by atoms with E-state index in [4.69, 9.17) is 11.6 Å². The van der Waals surface area contributed by atoms with Gasteiger partial charge in [-0.1, -0.05) is 11.6 Å². The van der Waals surface area contributed by atoms with Crippen LogP contribution in [0.2, 0.25) is 5.02 Å². The van der Waals surface area contributed by atoms with Crippen molar-refractivity contribution in [2.24, 2.45) is 7.05 Å². The zero-order valence-corrected chi connectivity index (χ0v) is 12.6. The smallest absolute Gasteiger partial charge is 0.251 e. The summed E-state index contributed by atoms with van der Waals surface area (Å²) >= 11 is 8.10. The summed E-state index contributed by atoms with van der Waals surface area (Å²) in [5, 5.41) is 7.57. The Bertz CT molecular complexity index is 582. The summed E-state index contributed by atoms with van der Waals surface area (Å²) in [6.45, 7) is 0.406. The van der Waals surface area contributed by atoms with E-state index in [2.05, 4.69) is 33.0 Å². The molecule has 0 saturated carbocycles. The predicted molar refractivity (Wildman–Crippen MR) is 78.5 cm³/mol. The number of hydrogen-bond donors (Lipinski definition) is 1. The van der Waals surface area contributed by atoms with E-state index >= 15 is 0 Å². The molecule has 0 aliphatic rings. The van der Waals surface area contributed by atoms with Crippen molar-refractivity contribution in [3.8, 4) is 0 Å². The maximum absolute atomic E-state index is 11.9. The van der Waals surface area contributed by atoms with Crippen LogP contribution >= 0.6 is 34.2 Å². The van der Waals surface area contributed by atoms with Gasteiger partial charge in [0.25, 0.3) is 5.91 Å². The lowest BCUT2D eigenvalue weighted by Crippen LogP contribution is -2.23. The van der Waals surface area contributed by atoms with Gasteiger partial charge in [0.15, 0.2) is 0 Å². The summed E-state index contributed by atoms with van der Waals surface area (Å²) in [7, 11) is 1.84. The lowest BCUT2D eigenvalue weighted by Gasteiger charge is -2.04. The Hall–Kier alpha value is -1.08. The van der Waals surface area contributed by atoms with Crippen LogP contribution in [0, 0.1) is 3.57 Å². The van der Waals surface area contributed by atoms with Crippen molar-refractivity contribution in [3.05, 3.63) is 50.3 Å². The molecule has 18 heavy (non-hydrogen) atoms. The SMILES string of the molecule is Cn1ccc(CNC(=O)c2ccc(I)c(Cl)c2)n1. The van der Waals surface area contributed by atoms with Crippen LogP contribution in [-0.2, 0) is 13.6 Å². The highest BCUT2D eigenvalue weighted by molar-refractivity contribution is 14.1. The fourth-order valence-electron chi connectivity index (χ4n) is 1.47. The molecule has 0 saturated heterocycles. The molecule has 1 N–H and O–H groups in total. The second kappa shape index (κ2) is 5.71. The van der Waals surface area contributed by atoms with E-state index in [0.29, 0.717) is 17.1 Å². The second-order valence-electron chi connectivity index (χ2n) is 3.79. The minimum absolute atomic E-state index is 0.154. The van der Waals surface area contributed by atoms with Crippen molar-refractivity contribution in [2.45, 2.75) is 6.54 Å². The molecule has 0 aliphatic heterocycles. The van der Waals surface area contributed by atoms with Crippen LogP contribution in [0.3, 0.4) is 0 Å². The molecule has 0 fully saturated rings. The molecule has 2 rings (SSSR count). The molecule has 0 atom stereocenters. The Balaban J connectivity index is 2.01. The summed E-state index contributed by atoms with van der Waals surface area (Å²) in [5.74, 6) is -0.154. The molecule has 0 spiro atoms. The number of amides is 1. The molecule has 1 aromatic heterocycles. The zero-order valence-electron chi connectivity index (χ0n) is 9.65. The Morgan fingerprint density at radius 2 is 2.28 bits per heavy atom. The summed E-state index contributed by atoms with van der Waals surface area (Å²) < 4.78 is 2.62. The van der Waals surface area contributed by atoms with E-state index in [0.717, 1.165) is 9.26 Å². The van der Waals surface area contributed by atoms with E-state index in [1.54, 1.807) is 16.8 Å². The molecule has 0 radical (unpaired) electrons. The number of benzene rings is 1. The number of rotatable bonds is 3. The number of nitrogens with zero attached hydrogens (tertiary/aromatic N) is 2. The van der Waals surface area contributed by atoms with Crippen molar-refractivity contribution in [2.75, 3.05) is 0 Å². The quantitative estimate of drug-likeness (QED) is 0.838. The van der Waals surface area contributed by atoms with Crippen LogP contribution in [0.5, 0.6) is 0 Å². The highest BCUT2D eigenvalue weighted by Crippen LogP contribution is 2.19. The van der Waals surface area contributed by atoms with Crippen molar-refractivity contribution in [1.82, 2.24) is 15.1 Å². The number of aryl methyl sites for hydroxylation is 1. The molecule has 1 aromatic carbocycles. The third kappa shape index (κ3) is 3.23. The van der Waals surface area contributed by atoms with Crippen LogP contribution in [0.1, 0.15) is 16.1 Å². The monoisotopic (exact) mass is 375 g/mol.